The predicted molar refractivity (Wildman–Crippen MR) is 55.3 cm³/mol. The Kier molecular flexibility index (Phi) is 2.49. The lowest BCUT2D eigenvalue weighted by atomic mass is 9.84. The van der Waals surface area contributed by atoms with Gasteiger partial charge in [0.05, 0.1) is 0 Å². The molecule has 1 aromatic heterocycles. The lowest BCUT2D eigenvalue weighted by molar-refractivity contribution is -0.120. The zero-order chi connectivity index (χ0) is 9.26. The standard InChI is InChI=1S/C11H14OS/c1-2-10(12)8-4-3-5-11-9(8)6-7-13-11/h6-8H,2-5H2,1H3. The molecule has 0 aromatic carbocycles. The molecule has 1 aliphatic rings. The largest absolute Gasteiger partial charge is 0.299 e. The molecule has 0 saturated heterocycles. The van der Waals surface area contributed by atoms with E-state index in [4.69, 9.17) is 0 Å². The summed E-state index contributed by atoms with van der Waals surface area (Å²) in [5.41, 5.74) is 1.32. The minimum Gasteiger partial charge on any atom is -0.299 e. The van der Waals surface area contributed by atoms with Crippen LogP contribution < -0.4 is 0 Å². The summed E-state index contributed by atoms with van der Waals surface area (Å²) in [7, 11) is 0. The summed E-state index contributed by atoms with van der Waals surface area (Å²) in [4.78, 5) is 13.1. The van der Waals surface area contributed by atoms with Crippen molar-refractivity contribution in [3.63, 3.8) is 0 Å². The van der Waals surface area contributed by atoms with Crippen LogP contribution in [0.15, 0.2) is 11.4 Å². The Morgan fingerprint density at radius 3 is 3.31 bits per heavy atom. The zero-order valence-corrected chi connectivity index (χ0v) is 8.69. The van der Waals surface area contributed by atoms with Crippen molar-refractivity contribution in [2.75, 3.05) is 0 Å². The van der Waals surface area contributed by atoms with Crippen LogP contribution in [0.3, 0.4) is 0 Å². The average molecular weight is 194 g/mol. The van der Waals surface area contributed by atoms with Crippen LogP contribution in [0.25, 0.3) is 0 Å². The monoisotopic (exact) mass is 194 g/mol. The molecule has 0 N–H and O–H groups in total. The van der Waals surface area contributed by atoms with E-state index in [2.05, 4.69) is 11.4 Å². The van der Waals surface area contributed by atoms with Gasteiger partial charge in [-0.1, -0.05) is 6.92 Å². The molecule has 0 spiro atoms. The van der Waals surface area contributed by atoms with Gasteiger partial charge in [-0.3, -0.25) is 4.79 Å². The molecule has 0 aliphatic heterocycles. The molecule has 13 heavy (non-hydrogen) atoms. The summed E-state index contributed by atoms with van der Waals surface area (Å²) in [6.45, 7) is 1.96. The molecule has 0 fully saturated rings. The SMILES string of the molecule is CCC(=O)C1CCCc2sccc21. The lowest BCUT2D eigenvalue weighted by Crippen LogP contribution is -2.15. The van der Waals surface area contributed by atoms with E-state index >= 15 is 0 Å². The maximum Gasteiger partial charge on any atom is 0.140 e. The third-order valence-electron chi connectivity index (χ3n) is 2.79. The minimum atomic E-state index is 0.222. The zero-order valence-electron chi connectivity index (χ0n) is 7.88. The van der Waals surface area contributed by atoms with Crippen molar-refractivity contribution >= 4 is 17.1 Å². The molecule has 1 unspecified atom stereocenters. The first-order chi connectivity index (χ1) is 6.33. The molecule has 2 rings (SSSR count). The summed E-state index contributed by atoms with van der Waals surface area (Å²) in [6, 6.07) is 2.14. The molecule has 0 bridgehead atoms. The van der Waals surface area contributed by atoms with Gasteiger partial charge in [0.15, 0.2) is 0 Å². The van der Waals surface area contributed by atoms with Crippen LogP contribution in [-0.2, 0) is 11.2 Å². The van der Waals surface area contributed by atoms with Crippen LogP contribution >= 0.6 is 11.3 Å². The van der Waals surface area contributed by atoms with E-state index in [9.17, 15) is 4.79 Å². The van der Waals surface area contributed by atoms with Crippen LogP contribution in [0.5, 0.6) is 0 Å². The number of hydrogen-bond acceptors (Lipinski definition) is 2. The fourth-order valence-corrected chi connectivity index (χ4v) is 3.05. The van der Waals surface area contributed by atoms with E-state index in [0.29, 0.717) is 12.2 Å². The van der Waals surface area contributed by atoms with Crippen LogP contribution in [0.2, 0.25) is 0 Å². The Balaban J connectivity index is 2.30. The number of carbonyl (C=O) groups excluding carboxylic acids is 1. The van der Waals surface area contributed by atoms with Crippen LogP contribution in [0, 0.1) is 0 Å². The number of carbonyl (C=O) groups is 1. The van der Waals surface area contributed by atoms with Crippen molar-refractivity contribution in [2.24, 2.45) is 0 Å². The summed E-state index contributed by atoms with van der Waals surface area (Å²) < 4.78 is 0. The first-order valence-electron chi connectivity index (χ1n) is 4.92. The molecular weight excluding hydrogens is 180 g/mol. The molecule has 70 valence electrons. The fraction of sp³-hybridized carbons (Fsp3) is 0.545. The second kappa shape index (κ2) is 3.62. The van der Waals surface area contributed by atoms with Crippen molar-refractivity contribution < 1.29 is 4.79 Å². The van der Waals surface area contributed by atoms with Crippen molar-refractivity contribution in [1.29, 1.82) is 0 Å². The summed E-state index contributed by atoms with van der Waals surface area (Å²) >= 11 is 1.80. The van der Waals surface area contributed by atoms with Crippen LogP contribution in [-0.4, -0.2) is 5.78 Å². The first kappa shape index (κ1) is 8.95. The number of hydrogen-bond donors (Lipinski definition) is 0. The molecule has 0 saturated carbocycles. The topological polar surface area (TPSA) is 17.1 Å². The molecule has 0 radical (unpaired) electrons. The Morgan fingerprint density at radius 1 is 1.69 bits per heavy atom. The van der Waals surface area contributed by atoms with Crippen LogP contribution in [0.1, 0.15) is 42.5 Å². The number of ketones is 1. The first-order valence-corrected chi connectivity index (χ1v) is 5.80. The number of thiophene rings is 1. The Hall–Kier alpha value is -0.630. The maximum absolute atomic E-state index is 11.6. The van der Waals surface area contributed by atoms with E-state index in [0.717, 1.165) is 6.42 Å². The lowest BCUT2D eigenvalue weighted by Gasteiger charge is -2.20. The number of Topliss-reactive ketones (excluding diaryl/α,β-unsaturated/α-hetero) is 1. The van der Waals surface area contributed by atoms with E-state index in [-0.39, 0.29) is 5.92 Å². The van der Waals surface area contributed by atoms with Gasteiger partial charge < -0.3 is 0 Å². The van der Waals surface area contributed by atoms with E-state index in [1.807, 2.05) is 6.92 Å². The third kappa shape index (κ3) is 1.55. The van der Waals surface area contributed by atoms with Gasteiger partial charge in [0.1, 0.15) is 5.78 Å². The molecule has 1 atom stereocenters. The Labute approximate surface area is 82.8 Å². The predicted octanol–water partition coefficient (Wildman–Crippen LogP) is 3.15. The molecule has 1 aromatic rings. The second-order valence-electron chi connectivity index (χ2n) is 3.56. The highest BCUT2D eigenvalue weighted by molar-refractivity contribution is 7.10. The summed E-state index contributed by atoms with van der Waals surface area (Å²) in [6.07, 6.45) is 4.11. The molecular formula is C11H14OS. The van der Waals surface area contributed by atoms with Crippen molar-refractivity contribution in [1.82, 2.24) is 0 Å². The molecule has 2 heteroatoms. The third-order valence-corrected chi connectivity index (χ3v) is 3.79. The van der Waals surface area contributed by atoms with Gasteiger partial charge in [-0.25, -0.2) is 0 Å². The minimum absolute atomic E-state index is 0.222. The number of rotatable bonds is 2. The van der Waals surface area contributed by atoms with Crippen molar-refractivity contribution in [3.8, 4) is 0 Å². The quantitative estimate of drug-likeness (QED) is 0.707. The van der Waals surface area contributed by atoms with Crippen LogP contribution in [0.4, 0.5) is 0 Å². The summed E-state index contributed by atoms with van der Waals surface area (Å²) in [5, 5.41) is 2.12. The molecule has 1 aliphatic carbocycles. The normalized spacial score (nSPS) is 21.2. The van der Waals surface area contributed by atoms with Gasteiger partial charge in [0.2, 0.25) is 0 Å². The van der Waals surface area contributed by atoms with Gasteiger partial charge in [-0.15, -0.1) is 11.3 Å². The highest BCUT2D eigenvalue weighted by atomic mass is 32.1. The molecule has 0 amide bonds. The van der Waals surface area contributed by atoms with E-state index in [1.54, 1.807) is 11.3 Å². The van der Waals surface area contributed by atoms with Crippen molar-refractivity contribution in [3.05, 3.63) is 21.9 Å². The average Bonchev–Trinajstić information content (AvgIpc) is 2.63. The van der Waals surface area contributed by atoms with Crippen molar-refractivity contribution in [2.45, 2.75) is 38.5 Å². The van der Waals surface area contributed by atoms with E-state index in [1.165, 1.54) is 23.3 Å². The molecule has 1 heterocycles. The number of aryl methyl sites for hydroxylation is 1. The Morgan fingerprint density at radius 2 is 2.54 bits per heavy atom. The van der Waals surface area contributed by atoms with E-state index < -0.39 is 0 Å². The Bertz CT molecular complexity index is 314. The second-order valence-corrected chi connectivity index (χ2v) is 4.56. The fourth-order valence-electron chi connectivity index (χ4n) is 2.07. The highest BCUT2D eigenvalue weighted by Crippen LogP contribution is 2.35. The highest BCUT2D eigenvalue weighted by Gasteiger charge is 2.25. The van der Waals surface area contributed by atoms with Gasteiger partial charge in [0.25, 0.3) is 0 Å². The van der Waals surface area contributed by atoms with Gasteiger partial charge in [-0.05, 0) is 36.3 Å². The maximum atomic E-state index is 11.6. The van der Waals surface area contributed by atoms with Gasteiger partial charge >= 0.3 is 0 Å². The van der Waals surface area contributed by atoms with Gasteiger partial charge in [-0.2, -0.15) is 0 Å². The number of fused-ring (bicyclic) bond motifs is 1. The smallest absolute Gasteiger partial charge is 0.140 e. The molecule has 1 nitrogen and oxygen atoms in total. The van der Waals surface area contributed by atoms with Gasteiger partial charge in [0, 0.05) is 17.2 Å². The summed E-state index contributed by atoms with van der Waals surface area (Å²) in [5.74, 6) is 0.638.